The molecule has 0 bridgehead atoms. The first-order valence-electron chi connectivity index (χ1n) is 8.35. The zero-order valence-corrected chi connectivity index (χ0v) is 16.6. The maximum absolute atomic E-state index is 11.5. The van der Waals surface area contributed by atoms with Gasteiger partial charge in [0, 0.05) is 38.8 Å². The van der Waals surface area contributed by atoms with E-state index >= 15 is 0 Å². The SMILES string of the molecule is CCN(CCCNC(=NC)NCc1ccc(C)cc1OC)S(C)(=O)=O. The Labute approximate surface area is 151 Å². The van der Waals surface area contributed by atoms with Crippen LogP contribution in [0.25, 0.3) is 0 Å². The monoisotopic (exact) mass is 370 g/mol. The minimum Gasteiger partial charge on any atom is -0.496 e. The Kier molecular flexibility index (Phi) is 8.71. The number of hydrogen-bond donors (Lipinski definition) is 2. The molecule has 0 aliphatic rings. The van der Waals surface area contributed by atoms with Crippen molar-refractivity contribution in [1.82, 2.24) is 14.9 Å². The summed E-state index contributed by atoms with van der Waals surface area (Å²) in [6.07, 6.45) is 1.94. The number of hydrogen-bond acceptors (Lipinski definition) is 4. The number of nitrogens with one attached hydrogen (secondary N) is 2. The molecule has 25 heavy (non-hydrogen) atoms. The minimum atomic E-state index is -3.13. The second-order valence-electron chi connectivity index (χ2n) is 5.78. The van der Waals surface area contributed by atoms with Crippen LogP contribution in [0.4, 0.5) is 0 Å². The van der Waals surface area contributed by atoms with Crippen molar-refractivity contribution in [3.05, 3.63) is 29.3 Å². The van der Waals surface area contributed by atoms with Gasteiger partial charge in [0.25, 0.3) is 0 Å². The van der Waals surface area contributed by atoms with E-state index in [0.29, 0.717) is 38.6 Å². The summed E-state index contributed by atoms with van der Waals surface area (Å²) < 4.78 is 30.0. The van der Waals surface area contributed by atoms with Crippen molar-refractivity contribution in [2.24, 2.45) is 4.99 Å². The van der Waals surface area contributed by atoms with E-state index in [2.05, 4.69) is 15.6 Å². The fourth-order valence-corrected chi connectivity index (χ4v) is 3.35. The van der Waals surface area contributed by atoms with Crippen LogP contribution in [-0.4, -0.2) is 58.7 Å². The zero-order valence-electron chi connectivity index (χ0n) is 15.8. The largest absolute Gasteiger partial charge is 0.496 e. The van der Waals surface area contributed by atoms with Crippen LogP contribution in [0.1, 0.15) is 24.5 Å². The number of rotatable bonds is 9. The second-order valence-corrected chi connectivity index (χ2v) is 7.76. The van der Waals surface area contributed by atoms with E-state index in [1.165, 1.54) is 10.6 Å². The molecule has 0 fully saturated rings. The van der Waals surface area contributed by atoms with Crippen molar-refractivity contribution in [2.75, 3.05) is 40.0 Å². The van der Waals surface area contributed by atoms with Crippen molar-refractivity contribution in [3.8, 4) is 5.75 Å². The van der Waals surface area contributed by atoms with Gasteiger partial charge < -0.3 is 15.4 Å². The van der Waals surface area contributed by atoms with Gasteiger partial charge in [-0.15, -0.1) is 0 Å². The molecule has 0 aliphatic carbocycles. The summed E-state index contributed by atoms with van der Waals surface area (Å²) >= 11 is 0. The minimum absolute atomic E-state index is 0.485. The topological polar surface area (TPSA) is 83.0 Å². The van der Waals surface area contributed by atoms with Crippen LogP contribution in [0.5, 0.6) is 5.75 Å². The Morgan fingerprint density at radius 1 is 1.32 bits per heavy atom. The standard InChI is InChI=1S/C17H30N4O3S/c1-6-21(25(5,22)23)11-7-10-19-17(18-3)20-13-15-9-8-14(2)12-16(15)24-4/h8-9,12H,6-7,10-11,13H2,1-5H3,(H2,18,19,20). The first-order valence-corrected chi connectivity index (χ1v) is 10.2. The summed E-state index contributed by atoms with van der Waals surface area (Å²) in [5.74, 6) is 1.51. The molecule has 1 rings (SSSR count). The molecule has 0 radical (unpaired) electrons. The molecule has 8 heteroatoms. The number of guanidine groups is 1. The third kappa shape index (κ3) is 7.31. The van der Waals surface area contributed by atoms with Crippen molar-refractivity contribution < 1.29 is 13.2 Å². The van der Waals surface area contributed by atoms with Crippen LogP contribution in [0.3, 0.4) is 0 Å². The highest BCUT2D eigenvalue weighted by Gasteiger charge is 2.13. The molecule has 1 aromatic carbocycles. The smallest absolute Gasteiger partial charge is 0.211 e. The summed E-state index contributed by atoms with van der Waals surface area (Å²) in [6.45, 7) is 6.06. The third-order valence-corrected chi connectivity index (χ3v) is 5.19. The van der Waals surface area contributed by atoms with E-state index in [9.17, 15) is 8.42 Å². The number of sulfonamides is 1. The molecule has 0 heterocycles. The number of aryl methyl sites for hydroxylation is 1. The lowest BCUT2D eigenvalue weighted by atomic mass is 10.1. The van der Waals surface area contributed by atoms with Gasteiger partial charge in [0.1, 0.15) is 5.75 Å². The van der Waals surface area contributed by atoms with Gasteiger partial charge >= 0.3 is 0 Å². The van der Waals surface area contributed by atoms with E-state index < -0.39 is 10.0 Å². The number of aliphatic imine (C=N–C) groups is 1. The second kappa shape index (κ2) is 10.2. The molecule has 0 saturated heterocycles. The molecule has 0 unspecified atom stereocenters. The first-order chi connectivity index (χ1) is 11.8. The molecule has 0 aliphatic heterocycles. The highest BCUT2D eigenvalue weighted by Crippen LogP contribution is 2.19. The molecule has 0 amide bonds. The Balaban J connectivity index is 2.46. The van der Waals surface area contributed by atoms with Crippen LogP contribution in [0, 0.1) is 6.92 Å². The van der Waals surface area contributed by atoms with Crippen molar-refractivity contribution in [2.45, 2.75) is 26.8 Å². The maximum atomic E-state index is 11.5. The summed E-state index contributed by atoms with van der Waals surface area (Å²) in [7, 11) is 0.231. The Hall–Kier alpha value is -1.80. The summed E-state index contributed by atoms with van der Waals surface area (Å²) in [5.41, 5.74) is 2.19. The molecule has 2 N–H and O–H groups in total. The van der Waals surface area contributed by atoms with Gasteiger partial charge in [-0.1, -0.05) is 19.1 Å². The van der Waals surface area contributed by atoms with Gasteiger partial charge in [0.05, 0.1) is 13.4 Å². The van der Waals surface area contributed by atoms with Gasteiger partial charge in [0.2, 0.25) is 10.0 Å². The van der Waals surface area contributed by atoms with Gasteiger partial charge in [-0.2, -0.15) is 0 Å². The third-order valence-electron chi connectivity index (χ3n) is 3.81. The summed E-state index contributed by atoms with van der Waals surface area (Å²) in [5, 5.41) is 6.44. The predicted octanol–water partition coefficient (Wildman–Crippen LogP) is 1.34. The average molecular weight is 371 g/mol. The molecule has 7 nitrogen and oxygen atoms in total. The number of benzene rings is 1. The quantitative estimate of drug-likeness (QED) is 0.389. The molecule has 142 valence electrons. The van der Waals surface area contributed by atoms with Crippen molar-refractivity contribution >= 4 is 16.0 Å². The van der Waals surface area contributed by atoms with E-state index in [0.717, 1.165) is 16.9 Å². The molecule has 0 aromatic heterocycles. The highest BCUT2D eigenvalue weighted by molar-refractivity contribution is 7.88. The molecular formula is C17H30N4O3S. The summed E-state index contributed by atoms with van der Waals surface area (Å²) in [4.78, 5) is 4.18. The van der Waals surface area contributed by atoms with Crippen LogP contribution < -0.4 is 15.4 Å². The predicted molar refractivity (Wildman–Crippen MR) is 103 cm³/mol. The lowest BCUT2D eigenvalue weighted by Gasteiger charge is -2.18. The lowest BCUT2D eigenvalue weighted by Crippen LogP contribution is -2.39. The fourth-order valence-electron chi connectivity index (χ4n) is 2.42. The van der Waals surface area contributed by atoms with Crippen molar-refractivity contribution in [1.29, 1.82) is 0 Å². The fraction of sp³-hybridized carbons (Fsp3) is 0.588. The molecular weight excluding hydrogens is 340 g/mol. The normalized spacial score (nSPS) is 12.3. The molecule has 0 spiro atoms. The van der Waals surface area contributed by atoms with Crippen LogP contribution >= 0.6 is 0 Å². The van der Waals surface area contributed by atoms with E-state index in [1.807, 2.05) is 32.0 Å². The Bertz CT molecular complexity index is 674. The number of nitrogens with zero attached hydrogens (tertiary/aromatic N) is 2. The number of methoxy groups -OCH3 is 1. The zero-order chi connectivity index (χ0) is 18.9. The molecule has 0 atom stereocenters. The maximum Gasteiger partial charge on any atom is 0.211 e. The Morgan fingerprint density at radius 3 is 2.60 bits per heavy atom. The van der Waals surface area contributed by atoms with E-state index in [-0.39, 0.29) is 0 Å². The van der Waals surface area contributed by atoms with Gasteiger partial charge in [0.15, 0.2) is 5.96 Å². The van der Waals surface area contributed by atoms with Crippen LogP contribution in [0.2, 0.25) is 0 Å². The molecule has 0 saturated carbocycles. The van der Waals surface area contributed by atoms with Gasteiger partial charge in [-0.05, 0) is 25.0 Å². The van der Waals surface area contributed by atoms with Gasteiger partial charge in [-0.25, -0.2) is 12.7 Å². The lowest BCUT2D eigenvalue weighted by molar-refractivity contribution is 0.408. The Morgan fingerprint density at radius 2 is 2.04 bits per heavy atom. The summed E-state index contributed by atoms with van der Waals surface area (Å²) in [6, 6.07) is 6.07. The first kappa shape index (κ1) is 21.2. The van der Waals surface area contributed by atoms with Gasteiger partial charge in [-0.3, -0.25) is 4.99 Å². The van der Waals surface area contributed by atoms with E-state index in [4.69, 9.17) is 4.74 Å². The van der Waals surface area contributed by atoms with Crippen molar-refractivity contribution in [3.63, 3.8) is 0 Å². The van der Waals surface area contributed by atoms with Crippen LogP contribution in [0.15, 0.2) is 23.2 Å². The van der Waals surface area contributed by atoms with E-state index in [1.54, 1.807) is 14.2 Å². The molecule has 1 aromatic rings. The number of ether oxygens (including phenoxy) is 1. The average Bonchev–Trinajstić information content (AvgIpc) is 2.57. The highest BCUT2D eigenvalue weighted by atomic mass is 32.2. The van der Waals surface area contributed by atoms with Crippen LogP contribution in [-0.2, 0) is 16.6 Å².